The zero-order valence-electron chi connectivity index (χ0n) is 12.4. The Morgan fingerprint density at radius 3 is 2.57 bits per heavy atom. The summed E-state index contributed by atoms with van der Waals surface area (Å²) in [7, 11) is 0. The van der Waals surface area contributed by atoms with Crippen molar-refractivity contribution in [3.05, 3.63) is 70.1 Å². The van der Waals surface area contributed by atoms with Crippen LogP contribution in [0.15, 0.2) is 53.3 Å². The number of nitrogens with zero attached hydrogens (tertiary/aromatic N) is 3. The first kappa shape index (κ1) is 14.5. The van der Waals surface area contributed by atoms with E-state index in [1.165, 1.54) is 0 Å². The number of nitriles is 1. The molecule has 0 atom stereocenters. The zero-order valence-corrected chi connectivity index (χ0v) is 14.5. The lowest BCUT2D eigenvalue weighted by molar-refractivity contribution is 0.779. The molecule has 4 rings (SSSR count). The topological polar surface area (TPSA) is 50.7 Å². The van der Waals surface area contributed by atoms with Crippen molar-refractivity contribution in [3.63, 3.8) is 0 Å². The van der Waals surface area contributed by atoms with Gasteiger partial charge in [0.25, 0.3) is 0 Å². The summed E-state index contributed by atoms with van der Waals surface area (Å²) in [4.78, 5) is 12.5. The van der Waals surface area contributed by atoms with Gasteiger partial charge in [0.1, 0.15) is 0 Å². The predicted octanol–water partition coefficient (Wildman–Crippen LogP) is 3.60. The van der Waals surface area contributed by atoms with Gasteiger partial charge >= 0.3 is 5.69 Å². The van der Waals surface area contributed by atoms with E-state index in [1.807, 2.05) is 65.3 Å². The zero-order chi connectivity index (χ0) is 16.0. The Bertz CT molecular complexity index is 1010. The second-order valence-corrected chi connectivity index (χ2v) is 7.00. The Hall–Kier alpha value is -2.07. The van der Waals surface area contributed by atoms with Crippen LogP contribution >= 0.6 is 22.9 Å². The van der Waals surface area contributed by atoms with E-state index in [2.05, 4.69) is 12.1 Å². The van der Waals surface area contributed by atoms with Gasteiger partial charge in [0.15, 0.2) is 0 Å². The van der Waals surface area contributed by atoms with Crippen molar-refractivity contribution in [3.8, 4) is 6.07 Å². The fraction of sp³-hybridized carbons (Fsp3) is 0.222. The summed E-state index contributed by atoms with van der Waals surface area (Å²) in [6.07, 6.45) is 1.86. The van der Waals surface area contributed by atoms with E-state index in [4.69, 9.17) is 0 Å². The fourth-order valence-electron chi connectivity index (χ4n) is 3.06. The molecule has 0 amide bonds. The summed E-state index contributed by atoms with van der Waals surface area (Å²) in [6.45, 7) is 0.519. The van der Waals surface area contributed by atoms with Crippen LogP contribution in [-0.4, -0.2) is 7.35 Å². The van der Waals surface area contributed by atoms with E-state index in [-0.39, 0.29) is 11.1 Å². The van der Waals surface area contributed by atoms with Crippen LogP contribution in [0, 0.1) is 11.3 Å². The predicted molar refractivity (Wildman–Crippen MR) is 97.7 cm³/mol. The number of aromatic nitrogens is 2. The molecule has 0 saturated heterocycles. The smallest absolute Gasteiger partial charge is 0.287 e. The van der Waals surface area contributed by atoms with Crippen LogP contribution in [-0.2, 0) is 12.0 Å². The third kappa shape index (κ3) is 2.29. The average Bonchev–Trinajstić information content (AvgIpc) is 3.36. The maximum Gasteiger partial charge on any atom is 0.338 e. The quantitative estimate of drug-likeness (QED) is 0.614. The Morgan fingerprint density at radius 2 is 1.87 bits per heavy atom. The summed E-state index contributed by atoms with van der Waals surface area (Å²) in [5.74, 6) is 0. The second kappa shape index (κ2) is 5.24. The number of para-hydroxylation sites is 2. The van der Waals surface area contributed by atoms with E-state index in [0.29, 0.717) is 6.54 Å². The average molecular weight is 415 g/mol. The maximum absolute atomic E-state index is 12.5. The first-order chi connectivity index (χ1) is 11.1. The number of hydrogen-bond acceptors (Lipinski definition) is 2. The van der Waals surface area contributed by atoms with Gasteiger partial charge in [-0.05, 0) is 36.1 Å². The van der Waals surface area contributed by atoms with Crippen LogP contribution in [0.5, 0.6) is 0 Å². The van der Waals surface area contributed by atoms with Crippen molar-refractivity contribution in [2.45, 2.75) is 24.8 Å². The minimum atomic E-state index is -0.293. The van der Waals surface area contributed by atoms with E-state index in [1.54, 1.807) is 7.35 Å². The van der Waals surface area contributed by atoms with Crippen molar-refractivity contribution in [2.75, 3.05) is 0 Å². The molecule has 23 heavy (non-hydrogen) atoms. The molecule has 0 N–H and O–H groups in total. The lowest BCUT2D eigenvalue weighted by atomic mass is 9.96. The molecule has 5 heteroatoms. The molecule has 2 aromatic carbocycles. The minimum Gasteiger partial charge on any atom is -0.287 e. The second-order valence-electron chi connectivity index (χ2n) is 6.03. The van der Waals surface area contributed by atoms with E-state index < -0.39 is 0 Å². The molecule has 4 nitrogen and oxygen atoms in total. The van der Waals surface area contributed by atoms with Gasteiger partial charge in [-0.1, -0.05) is 36.4 Å². The highest BCUT2D eigenvalue weighted by Gasteiger charge is 2.44. The third-order valence-electron chi connectivity index (χ3n) is 4.57. The maximum atomic E-state index is 12.5. The molecule has 1 aliphatic rings. The Balaban J connectivity index is 1.78. The van der Waals surface area contributed by atoms with Crippen molar-refractivity contribution in [1.82, 2.24) is 7.35 Å². The highest BCUT2D eigenvalue weighted by molar-refractivity contribution is 14.1. The first-order valence-corrected chi connectivity index (χ1v) is 8.48. The molecule has 0 radical (unpaired) electrons. The number of hydrogen-bond donors (Lipinski definition) is 0. The van der Waals surface area contributed by atoms with E-state index >= 15 is 0 Å². The summed E-state index contributed by atoms with van der Waals surface area (Å²) in [5.41, 5.74) is 3.66. The van der Waals surface area contributed by atoms with Gasteiger partial charge in [0, 0.05) is 0 Å². The summed E-state index contributed by atoms with van der Waals surface area (Å²) in [6, 6.07) is 18.3. The van der Waals surface area contributed by atoms with Crippen LogP contribution < -0.4 is 5.69 Å². The number of benzene rings is 2. The van der Waals surface area contributed by atoms with Gasteiger partial charge in [0.2, 0.25) is 0 Å². The van der Waals surface area contributed by atoms with Gasteiger partial charge in [-0.3, -0.25) is 4.57 Å². The Kier molecular flexibility index (Phi) is 3.31. The highest BCUT2D eigenvalue weighted by Crippen LogP contribution is 2.47. The molecule has 0 spiro atoms. The summed E-state index contributed by atoms with van der Waals surface area (Å²) < 4.78 is 3.43. The van der Waals surface area contributed by atoms with Crippen LogP contribution in [0.4, 0.5) is 0 Å². The van der Waals surface area contributed by atoms with E-state index in [9.17, 15) is 10.1 Å². The molecule has 114 valence electrons. The van der Waals surface area contributed by atoms with E-state index in [0.717, 1.165) is 35.0 Å². The van der Waals surface area contributed by atoms with Crippen LogP contribution in [0.25, 0.3) is 11.0 Å². The summed E-state index contributed by atoms with van der Waals surface area (Å²) >= 11 is 2.04. The molecular formula is C18H14IN3O. The van der Waals surface area contributed by atoms with Crippen molar-refractivity contribution in [2.24, 2.45) is 0 Å². The molecule has 1 aliphatic carbocycles. The number of imidazole rings is 1. The van der Waals surface area contributed by atoms with Crippen molar-refractivity contribution in [1.29, 1.82) is 5.26 Å². The van der Waals surface area contributed by atoms with Gasteiger partial charge in [0.05, 0.1) is 51.9 Å². The van der Waals surface area contributed by atoms with Crippen molar-refractivity contribution < 1.29 is 0 Å². The largest absolute Gasteiger partial charge is 0.338 e. The lowest BCUT2D eigenvalue weighted by Crippen LogP contribution is -2.20. The molecule has 1 fully saturated rings. The highest BCUT2D eigenvalue weighted by atomic mass is 127. The fourth-order valence-corrected chi connectivity index (χ4v) is 3.73. The molecule has 0 unspecified atom stereocenters. The number of fused-ring (bicyclic) bond motifs is 1. The minimum absolute atomic E-state index is 0.0291. The lowest BCUT2D eigenvalue weighted by Gasteiger charge is -2.09. The van der Waals surface area contributed by atoms with Crippen molar-refractivity contribution >= 4 is 33.9 Å². The molecule has 3 aromatic rings. The van der Waals surface area contributed by atoms with Crippen LogP contribution in [0.3, 0.4) is 0 Å². The standard InChI is InChI=1S/C18H14IN3O/c19-22-16-7-2-1-6-15(16)21(17(22)23)11-13-4-3-5-14(10-13)18(12-20)8-9-18/h1-7,10H,8-9,11H2. The number of halogens is 1. The van der Waals surface area contributed by atoms with Gasteiger partial charge < -0.3 is 0 Å². The number of rotatable bonds is 3. The summed E-state index contributed by atoms with van der Waals surface area (Å²) in [5, 5.41) is 9.37. The SMILES string of the molecule is N#CC1(c2cccc(Cn3c(=O)n(I)c4ccccc43)c2)CC1. The normalized spacial score (nSPS) is 15.5. The third-order valence-corrected chi connectivity index (χ3v) is 5.50. The molecule has 0 aliphatic heterocycles. The molecule has 1 heterocycles. The van der Waals surface area contributed by atoms with Gasteiger partial charge in [-0.25, -0.2) is 7.58 Å². The molecule has 1 aromatic heterocycles. The Morgan fingerprint density at radius 1 is 1.13 bits per heavy atom. The molecule has 0 bridgehead atoms. The first-order valence-electron chi connectivity index (χ1n) is 7.52. The van der Waals surface area contributed by atoms with Crippen LogP contribution in [0.1, 0.15) is 24.0 Å². The van der Waals surface area contributed by atoms with Gasteiger partial charge in [-0.2, -0.15) is 5.26 Å². The monoisotopic (exact) mass is 415 g/mol. The van der Waals surface area contributed by atoms with Gasteiger partial charge in [-0.15, -0.1) is 0 Å². The molecule has 1 saturated carbocycles. The van der Waals surface area contributed by atoms with Crippen LogP contribution in [0.2, 0.25) is 0 Å². The Labute approximate surface area is 147 Å². The molecular weight excluding hydrogens is 401 g/mol.